The third-order valence-electron chi connectivity index (χ3n) is 2.02. The third-order valence-corrected chi connectivity index (χ3v) is 2.02. The molecule has 2 radical (unpaired) electrons. The summed E-state index contributed by atoms with van der Waals surface area (Å²) in [6.07, 6.45) is 0. The highest BCUT2D eigenvalue weighted by atomic mass is 16.1. The van der Waals surface area contributed by atoms with E-state index in [0.29, 0.717) is 0 Å². The predicted molar refractivity (Wildman–Crippen MR) is 53.2 cm³/mol. The summed E-state index contributed by atoms with van der Waals surface area (Å²) in [5.74, 6) is -0.0787. The number of carbonyl (C=O) groups excluding carboxylic acids is 1. The molecule has 0 aromatic carbocycles. The Bertz CT molecular complexity index is 157. The van der Waals surface area contributed by atoms with E-state index in [0.717, 1.165) is 0 Å². The monoisotopic (exact) mass is 166 g/mol. The highest BCUT2D eigenvalue weighted by molar-refractivity contribution is 6.58. The Balaban J connectivity index is 4.82. The van der Waals surface area contributed by atoms with Gasteiger partial charge in [-0.2, -0.15) is 0 Å². The van der Waals surface area contributed by atoms with Gasteiger partial charge in [-0.05, 0) is 10.8 Å². The van der Waals surface area contributed by atoms with Crippen LogP contribution in [0.5, 0.6) is 0 Å². The van der Waals surface area contributed by atoms with Crippen molar-refractivity contribution in [2.24, 2.45) is 16.7 Å². The highest BCUT2D eigenvalue weighted by Gasteiger charge is 2.37. The van der Waals surface area contributed by atoms with Gasteiger partial charge >= 0.3 is 0 Å². The van der Waals surface area contributed by atoms with E-state index in [4.69, 9.17) is 7.85 Å². The molecule has 0 saturated heterocycles. The van der Waals surface area contributed by atoms with Crippen molar-refractivity contribution >= 4 is 13.5 Å². The zero-order valence-electron chi connectivity index (χ0n) is 9.06. The largest absolute Gasteiger partial charge is 0.312 e. The Morgan fingerprint density at radius 3 is 1.25 bits per heavy atom. The fraction of sp³-hybridized carbons (Fsp3) is 0.900. The highest BCUT2D eigenvalue weighted by Crippen LogP contribution is 2.39. The topological polar surface area (TPSA) is 17.1 Å². The minimum atomic E-state index is -0.199. The van der Waals surface area contributed by atoms with E-state index in [9.17, 15) is 4.79 Å². The molecule has 0 aromatic heterocycles. The standard InChI is InChI=1S/C10H19BO/c1-9(2,3)7(8(11)12)10(4,5)6/h7H,1-6H3. The van der Waals surface area contributed by atoms with Gasteiger partial charge < -0.3 is 4.79 Å². The van der Waals surface area contributed by atoms with Gasteiger partial charge in [0.15, 0.2) is 7.85 Å². The Kier molecular flexibility index (Phi) is 3.16. The molecule has 0 fully saturated rings. The molecular formula is C10H19BO. The number of hydrogen-bond donors (Lipinski definition) is 0. The van der Waals surface area contributed by atoms with Crippen LogP contribution in [0.3, 0.4) is 0 Å². The van der Waals surface area contributed by atoms with Gasteiger partial charge in [-0.1, -0.05) is 41.5 Å². The third kappa shape index (κ3) is 3.00. The molecule has 0 rings (SSSR count). The van der Waals surface area contributed by atoms with Crippen LogP contribution in [-0.2, 0) is 4.79 Å². The molecule has 0 bridgehead atoms. The van der Waals surface area contributed by atoms with Gasteiger partial charge in [0.25, 0.3) is 0 Å². The minimum Gasteiger partial charge on any atom is -0.312 e. The maximum Gasteiger partial charge on any atom is 0.168 e. The van der Waals surface area contributed by atoms with Crippen LogP contribution in [0.25, 0.3) is 0 Å². The van der Waals surface area contributed by atoms with Gasteiger partial charge in [-0.25, -0.2) is 0 Å². The summed E-state index contributed by atoms with van der Waals surface area (Å²) in [6, 6.07) is 0. The van der Waals surface area contributed by atoms with Crippen molar-refractivity contribution in [3.8, 4) is 0 Å². The van der Waals surface area contributed by atoms with E-state index in [1.54, 1.807) is 0 Å². The molecule has 0 aliphatic rings. The SMILES string of the molecule is [B]C(=O)C(C(C)(C)C)C(C)(C)C. The zero-order valence-corrected chi connectivity index (χ0v) is 9.06. The molecule has 0 aliphatic carbocycles. The smallest absolute Gasteiger partial charge is 0.168 e. The van der Waals surface area contributed by atoms with Gasteiger partial charge in [0, 0.05) is 5.92 Å². The number of rotatable bonds is 1. The summed E-state index contributed by atoms with van der Waals surface area (Å²) in [5.41, 5.74) is -0.302. The van der Waals surface area contributed by atoms with Crippen LogP contribution in [-0.4, -0.2) is 13.5 Å². The second-order valence-corrected chi connectivity index (χ2v) is 5.57. The molecule has 0 heterocycles. The molecule has 0 saturated carbocycles. The van der Waals surface area contributed by atoms with Gasteiger partial charge in [0.05, 0.1) is 5.68 Å². The Labute approximate surface area is 77.3 Å². The van der Waals surface area contributed by atoms with Crippen LogP contribution in [0.2, 0.25) is 0 Å². The first-order valence-corrected chi connectivity index (χ1v) is 4.36. The molecule has 12 heavy (non-hydrogen) atoms. The van der Waals surface area contributed by atoms with Crippen LogP contribution in [0.15, 0.2) is 0 Å². The zero-order chi connectivity index (χ0) is 10.2. The average Bonchev–Trinajstić information content (AvgIpc) is 1.49. The molecule has 0 amide bonds. The first kappa shape index (κ1) is 11.7. The molecular weight excluding hydrogens is 147 g/mol. The fourth-order valence-electron chi connectivity index (χ4n) is 2.15. The summed E-state index contributed by atoms with van der Waals surface area (Å²) in [5, 5.41) is 0. The molecule has 0 N–H and O–H groups in total. The van der Waals surface area contributed by atoms with E-state index in [2.05, 4.69) is 0 Å². The molecule has 0 unspecified atom stereocenters. The molecule has 0 aromatic rings. The first-order valence-electron chi connectivity index (χ1n) is 4.36. The van der Waals surface area contributed by atoms with E-state index < -0.39 is 0 Å². The van der Waals surface area contributed by atoms with Gasteiger partial charge in [0.2, 0.25) is 0 Å². The van der Waals surface area contributed by atoms with Crippen LogP contribution < -0.4 is 0 Å². The van der Waals surface area contributed by atoms with E-state index in [-0.39, 0.29) is 22.4 Å². The number of hydrogen-bond acceptors (Lipinski definition) is 1. The van der Waals surface area contributed by atoms with Crippen molar-refractivity contribution in [1.82, 2.24) is 0 Å². The lowest BCUT2D eigenvalue weighted by atomic mass is 9.61. The van der Waals surface area contributed by atoms with Crippen molar-refractivity contribution in [3.05, 3.63) is 0 Å². The first-order chi connectivity index (χ1) is 5.07. The summed E-state index contributed by atoms with van der Waals surface area (Å²) in [7, 11) is 5.37. The van der Waals surface area contributed by atoms with Crippen LogP contribution in [0.4, 0.5) is 0 Å². The second kappa shape index (κ2) is 3.23. The van der Waals surface area contributed by atoms with Crippen LogP contribution >= 0.6 is 0 Å². The lowest BCUT2D eigenvalue weighted by Crippen LogP contribution is -2.38. The van der Waals surface area contributed by atoms with Crippen molar-refractivity contribution in [3.63, 3.8) is 0 Å². The van der Waals surface area contributed by atoms with Gasteiger partial charge in [0.1, 0.15) is 0 Å². The van der Waals surface area contributed by atoms with Crippen LogP contribution in [0.1, 0.15) is 41.5 Å². The quantitative estimate of drug-likeness (QED) is 0.546. The summed E-state index contributed by atoms with van der Waals surface area (Å²) >= 11 is 0. The molecule has 68 valence electrons. The fourth-order valence-corrected chi connectivity index (χ4v) is 2.15. The van der Waals surface area contributed by atoms with E-state index >= 15 is 0 Å². The molecule has 2 heteroatoms. The minimum absolute atomic E-state index is 0.0515. The Morgan fingerprint density at radius 1 is 1.00 bits per heavy atom. The lowest BCUT2D eigenvalue weighted by Gasteiger charge is -2.39. The Hall–Kier alpha value is -0.265. The Morgan fingerprint density at radius 2 is 1.25 bits per heavy atom. The summed E-state index contributed by atoms with van der Waals surface area (Å²) in [6.45, 7) is 12.3. The van der Waals surface area contributed by atoms with Crippen molar-refractivity contribution in [1.29, 1.82) is 0 Å². The molecule has 0 aliphatic heterocycles. The van der Waals surface area contributed by atoms with Crippen molar-refractivity contribution in [2.45, 2.75) is 41.5 Å². The molecule has 0 spiro atoms. The lowest BCUT2D eigenvalue weighted by molar-refractivity contribution is -0.122. The predicted octanol–water partition coefficient (Wildman–Crippen LogP) is 2.39. The van der Waals surface area contributed by atoms with Gasteiger partial charge in [-0.3, -0.25) is 0 Å². The molecule has 1 nitrogen and oxygen atoms in total. The average molecular weight is 166 g/mol. The van der Waals surface area contributed by atoms with Crippen LogP contribution in [0, 0.1) is 16.7 Å². The summed E-state index contributed by atoms with van der Waals surface area (Å²) in [4.78, 5) is 11.2. The van der Waals surface area contributed by atoms with E-state index in [1.807, 2.05) is 41.5 Å². The normalized spacial score (nSPS) is 13.6. The maximum atomic E-state index is 11.2. The molecule has 0 atom stereocenters. The van der Waals surface area contributed by atoms with Crippen molar-refractivity contribution in [2.75, 3.05) is 0 Å². The van der Waals surface area contributed by atoms with Gasteiger partial charge in [-0.15, -0.1) is 0 Å². The second-order valence-electron chi connectivity index (χ2n) is 5.57. The maximum absolute atomic E-state index is 11.2. The van der Waals surface area contributed by atoms with Crippen molar-refractivity contribution < 1.29 is 4.79 Å². The summed E-state index contributed by atoms with van der Waals surface area (Å²) < 4.78 is 0. The van der Waals surface area contributed by atoms with E-state index in [1.165, 1.54) is 0 Å². The number of carbonyl (C=O) groups is 1.